The van der Waals surface area contributed by atoms with Gasteiger partial charge in [0.2, 0.25) is 11.8 Å². The van der Waals surface area contributed by atoms with Gasteiger partial charge < -0.3 is 10.2 Å². The fourth-order valence-electron chi connectivity index (χ4n) is 4.76. The summed E-state index contributed by atoms with van der Waals surface area (Å²) in [5, 5.41) is 3.38. The molecule has 0 spiro atoms. The van der Waals surface area contributed by atoms with E-state index in [9.17, 15) is 18.0 Å². The van der Waals surface area contributed by atoms with Gasteiger partial charge in [-0.25, -0.2) is 8.42 Å². The maximum atomic E-state index is 14.5. The van der Waals surface area contributed by atoms with E-state index in [1.807, 2.05) is 75.4 Å². The van der Waals surface area contributed by atoms with Gasteiger partial charge in [-0.3, -0.25) is 13.9 Å². The molecule has 2 amide bonds. The highest BCUT2D eigenvalue weighted by Crippen LogP contribution is 2.33. The van der Waals surface area contributed by atoms with Crippen LogP contribution in [0.4, 0.5) is 5.69 Å². The average molecular weight is 732 g/mol. The van der Waals surface area contributed by atoms with Crippen molar-refractivity contribution in [3.8, 4) is 0 Å². The predicted molar refractivity (Wildman–Crippen MR) is 184 cm³/mol. The first-order chi connectivity index (χ1) is 21.2. The summed E-state index contributed by atoms with van der Waals surface area (Å²) in [5.74, 6) is -0.956. The van der Waals surface area contributed by atoms with Gasteiger partial charge >= 0.3 is 0 Å². The van der Waals surface area contributed by atoms with Crippen LogP contribution in [0, 0.1) is 0 Å². The first-order valence-corrected chi connectivity index (χ1v) is 17.2. The van der Waals surface area contributed by atoms with Crippen molar-refractivity contribution in [2.45, 2.75) is 50.2 Å². The SMILES string of the molecule is CC(C)(C)NC(=O)[C@@H](Cc1ccccc1)N(Cc1cccc(Br)c1)C(=O)CN(c1ccc(Cl)cc1Cl)S(=O)(=O)c1ccccc1. The third-order valence-corrected chi connectivity index (χ3v) is 9.60. The largest absolute Gasteiger partial charge is 0.350 e. The number of halogens is 3. The van der Waals surface area contributed by atoms with Crippen LogP contribution in [0.2, 0.25) is 10.0 Å². The molecule has 0 bridgehead atoms. The second-order valence-electron chi connectivity index (χ2n) is 11.5. The van der Waals surface area contributed by atoms with Crippen molar-refractivity contribution in [1.82, 2.24) is 10.2 Å². The van der Waals surface area contributed by atoms with Crippen LogP contribution in [0.3, 0.4) is 0 Å². The van der Waals surface area contributed by atoms with E-state index in [0.717, 1.165) is 19.9 Å². The molecule has 45 heavy (non-hydrogen) atoms. The molecule has 0 saturated carbocycles. The topological polar surface area (TPSA) is 86.8 Å². The highest BCUT2D eigenvalue weighted by molar-refractivity contribution is 9.10. The lowest BCUT2D eigenvalue weighted by molar-refractivity contribution is -0.140. The van der Waals surface area contributed by atoms with Gasteiger partial charge in [-0.05, 0) is 74.4 Å². The monoisotopic (exact) mass is 729 g/mol. The van der Waals surface area contributed by atoms with Crippen molar-refractivity contribution in [2.24, 2.45) is 0 Å². The number of nitrogens with zero attached hydrogens (tertiary/aromatic N) is 2. The quantitative estimate of drug-likeness (QED) is 0.173. The minimum absolute atomic E-state index is 0.0198. The molecule has 0 heterocycles. The Labute approximate surface area is 283 Å². The summed E-state index contributed by atoms with van der Waals surface area (Å²) in [4.78, 5) is 29.9. The van der Waals surface area contributed by atoms with E-state index >= 15 is 0 Å². The van der Waals surface area contributed by atoms with E-state index in [4.69, 9.17) is 23.2 Å². The number of carbonyl (C=O) groups excluding carboxylic acids is 2. The van der Waals surface area contributed by atoms with Gasteiger partial charge in [0, 0.05) is 28.0 Å². The van der Waals surface area contributed by atoms with Gasteiger partial charge in [-0.1, -0.05) is 99.8 Å². The Hall–Kier alpha value is -3.37. The van der Waals surface area contributed by atoms with Crippen molar-refractivity contribution < 1.29 is 18.0 Å². The molecule has 0 unspecified atom stereocenters. The number of amides is 2. The predicted octanol–water partition coefficient (Wildman–Crippen LogP) is 7.51. The standard InChI is InChI=1S/C34H34BrCl2N3O4S/c1-34(2,3)38-33(42)31(20-24-11-6-4-7-12-24)39(22-25-13-10-14-26(35)19-25)32(41)23-40(30-18-17-27(36)21-29(30)37)45(43,44)28-15-8-5-9-16-28/h4-19,21,31H,20,22-23H2,1-3H3,(H,38,42)/t31-/m1/s1. The second kappa shape index (κ2) is 14.8. The lowest BCUT2D eigenvalue weighted by Gasteiger charge is -2.35. The highest BCUT2D eigenvalue weighted by atomic mass is 79.9. The van der Waals surface area contributed by atoms with Crippen molar-refractivity contribution in [3.05, 3.63) is 129 Å². The third-order valence-electron chi connectivity index (χ3n) is 6.80. The molecule has 0 aliphatic heterocycles. The van der Waals surface area contributed by atoms with Crippen LogP contribution < -0.4 is 9.62 Å². The van der Waals surface area contributed by atoms with Crippen LogP contribution in [0.1, 0.15) is 31.9 Å². The Balaban J connectivity index is 1.84. The minimum Gasteiger partial charge on any atom is -0.350 e. The zero-order chi connectivity index (χ0) is 32.8. The molecule has 4 aromatic carbocycles. The van der Waals surface area contributed by atoms with Crippen LogP contribution in [-0.4, -0.2) is 43.3 Å². The van der Waals surface area contributed by atoms with Gasteiger partial charge in [-0.2, -0.15) is 0 Å². The zero-order valence-electron chi connectivity index (χ0n) is 25.1. The molecule has 0 aliphatic carbocycles. The normalized spacial score (nSPS) is 12.3. The zero-order valence-corrected chi connectivity index (χ0v) is 29.0. The number of anilines is 1. The van der Waals surface area contributed by atoms with Crippen LogP contribution >= 0.6 is 39.1 Å². The van der Waals surface area contributed by atoms with Gasteiger partial charge in [0.25, 0.3) is 10.0 Å². The van der Waals surface area contributed by atoms with E-state index in [0.29, 0.717) is 5.02 Å². The van der Waals surface area contributed by atoms with Crippen LogP contribution in [-0.2, 0) is 32.6 Å². The van der Waals surface area contributed by atoms with Crippen LogP contribution in [0.25, 0.3) is 0 Å². The first kappa shape index (κ1) is 34.5. The number of benzene rings is 4. The fraction of sp³-hybridized carbons (Fsp3) is 0.235. The summed E-state index contributed by atoms with van der Waals surface area (Å²) in [6.07, 6.45) is 0.204. The van der Waals surface area contributed by atoms with E-state index in [2.05, 4.69) is 21.2 Å². The summed E-state index contributed by atoms with van der Waals surface area (Å²) in [6.45, 7) is 5.01. The van der Waals surface area contributed by atoms with E-state index in [1.54, 1.807) is 18.2 Å². The van der Waals surface area contributed by atoms with E-state index in [1.165, 1.54) is 35.2 Å². The fourth-order valence-corrected chi connectivity index (χ4v) is 7.22. The minimum atomic E-state index is -4.28. The Morgan fingerprint density at radius 3 is 2.07 bits per heavy atom. The molecule has 0 aromatic heterocycles. The van der Waals surface area contributed by atoms with Gasteiger partial charge in [-0.15, -0.1) is 0 Å². The maximum Gasteiger partial charge on any atom is 0.264 e. The van der Waals surface area contributed by atoms with Crippen molar-refractivity contribution in [2.75, 3.05) is 10.8 Å². The van der Waals surface area contributed by atoms with Gasteiger partial charge in [0.1, 0.15) is 12.6 Å². The molecule has 0 aliphatic rings. The Morgan fingerprint density at radius 1 is 0.844 bits per heavy atom. The molecular formula is C34H34BrCl2N3O4S. The average Bonchev–Trinajstić information content (AvgIpc) is 2.98. The molecule has 0 radical (unpaired) electrons. The molecule has 4 aromatic rings. The Kier molecular flexibility index (Phi) is 11.4. The highest BCUT2D eigenvalue weighted by Gasteiger charge is 2.36. The molecule has 236 valence electrons. The van der Waals surface area contributed by atoms with E-state index < -0.39 is 34.1 Å². The number of nitrogens with one attached hydrogen (secondary N) is 1. The summed E-state index contributed by atoms with van der Waals surface area (Å²) in [7, 11) is -4.28. The smallest absolute Gasteiger partial charge is 0.264 e. The number of sulfonamides is 1. The molecule has 4 rings (SSSR count). The molecule has 1 atom stereocenters. The molecule has 0 fully saturated rings. The maximum absolute atomic E-state index is 14.5. The molecule has 11 heteroatoms. The van der Waals surface area contributed by atoms with Crippen LogP contribution in [0.15, 0.2) is 112 Å². The Morgan fingerprint density at radius 2 is 1.47 bits per heavy atom. The lowest BCUT2D eigenvalue weighted by Crippen LogP contribution is -2.56. The summed E-state index contributed by atoms with van der Waals surface area (Å²) >= 11 is 16.2. The van der Waals surface area contributed by atoms with Crippen molar-refractivity contribution >= 4 is 66.7 Å². The first-order valence-electron chi connectivity index (χ1n) is 14.2. The number of rotatable bonds is 11. The Bertz CT molecular complexity index is 1750. The summed E-state index contributed by atoms with van der Waals surface area (Å²) in [5.41, 5.74) is 1.09. The third kappa shape index (κ3) is 9.33. The second-order valence-corrected chi connectivity index (χ2v) is 15.1. The number of carbonyl (C=O) groups is 2. The number of hydrogen-bond acceptors (Lipinski definition) is 4. The van der Waals surface area contributed by atoms with Crippen molar-refractivity contribution in [3.63, 3.8) is 0 Å². The molecule has 0 saturated heterocycles. The summed E-state index contributed by atoms with van der Waals surface area (Å²) < 4.78 is 30.0. The van der Waals surface area contributed by atoms with Gasteiger partial charge in [0.15, 0.2) is 0 Å². The van der Waals surface area contributed by atoms with Crippen LogP contribution in [0.5, 0.6) is 0 Å². The summed E-state index contributed by atoms with van der Waals surface area (Å²) in [6, 6.07) is 28.0. The van der Waals surface area contributed by atoms with E-state index in [-0.39, 0.29) is 34.5 Å². The molecule has 1 N–H and O–H groups in total. The number of hydrogen-bond donors (Lipinski definition) is 1. The molecule has 7 nitrogen and oxygen atoms in total. The molecular weight excluding hydrogens is 697 g/mol. The lowest BCUT2D eigenvalue weighted by atomic mass is 10.0. The van der Waals surface area contributed by atoms with Crippen molar-refractivity contribution in [1.29, 1.82) is 0 Å². The van der Waals surface area contributed by atoms with Gasteiger partial charge in [0.05, 0.1) is 15.6 Å².